The molecular weight excluding hydrogens is 584 g/mol. The van der Waals surface area contributed by atoms with Crippen molar-refractivity contribution in [2.75, 3.05) is 0 Å². The van der Waals surface area contributed by atoms with E-state index in [0.29, 0.717) is 11.4 Å². The molecule has 4 aromatic carbocycles. The lowest BCUT2D eigenvalue weighted by molar-refractivity contribution is -0.115. The van der Waals surface area contributed by atoms with Crippen molar-refractivity contribution in [1.29, 1.82) is 0 Å². The summed E-state index contributed by atoms with van der Waals surface area (Å²) < 4.78 is 51.7. The second kappa shape index (κ2) is 16.0. The standard InChI is InChI=1S/C19H16F2N2.C14H8F2O2.C3H6O/c1-12(2)17-11-22-18(13-3-7-15(20)8-4-13)19(23-17)14-5-9-16(21)10-6-14;15-11-5-1-9(2-6-11)13(17)14(18)10-3-7-12(16)8-4-10;1-3(2)4/h3-12H,1-2H3;1-8H;1-2H3. The normalized spacial score (nSPS) is 10.2. The van der Waals surface area contributed by atoms with Crippen molar-refractivity contribution in [3.63, 3.8) is 0 Å². The number of carbonyl (C=O) groups is 3. The molecule has 5 aromatic rings. The molecule has 0 saturated carbocycles. The van der Waals surface area contributed by atoms with Crippen LogP contribution in [0.2, 0.25) is 0 Å². The van der Waals surface area contributed by atoms with Crippen molar-refractivity contribution in [3.8, 4) is 22.5 Å². The van der Waals surface area contributed by atoms with Crippen LogP contribution in [0, 0.1) is 23.3 Å². The molecule has 0 saturated heterocycles. The Bertz CT molecular complexity index is 1690. The number of carbonyl (C=O) groups excluding carboxylic acids is 3. The van der Waals surface area contributed by atoms with Gasteiger partial charge in [-0.2, -0.15) is 0 Å². The molecule has 0 aliphatic rings. The molecule has 0 aliphatic heterocycles. The van der Waals surface area contributed by atoms with Gasteiger partial charge in [0.25, 0.3) is 0 Å². The van der Waals surface area contributed by atoms with E-state index in [9.17, 15) is 31.9 Å². The van der Waals surface area contributed by atoms with Gasteiger partial charge in [-0.25, -0.2) is 22.5 Å². The van der Waals surface area contributed by atoms with Gasteiger partial charge in [0, 0.05) is 28.5 Å². The minimum Gasteiger partial charge on any atom is -0.300 e. The molecule has 230 valence electrons. The van der Waals surface area contributed by atoms with Crippen LogP contribution in [0.4, 0.5) is 17.6 Å². The van der Waals surface area contributed by atoms with Crippen LogP contribution in [0.3, 0.4) is 0 Å². The Morgan fingerprint density at radius 3 is 1.18 bits per heavy atom. The molecule has 1 heterocycles. The van der Waals surface area contributed by atoms with E-state index in [4.69, 9.17) is 4.98 Å². The summed E-state index contributed by atoms with van der Waals surface area (Å²) in [6.45, 7) is 7.13. The van der Waals surface area contributed by atoms with Gasteiger partial charge in [-0.3, -0.25) is 14.6 Å². The van der Waals surface area contributed by atoms with E-state index in [0.717, 1.165) is 41.1 Å². The second-order valence-corrected chi connectivity index (χ2v) is 10.2. The molecule has 45 heavy (non-hydrogen) atoms. The Labute approximate surface area is 258 Å². The minimum absolute atomic E-state index is 0.103. The number of rotatable bonds is 6. The zero-order valence-electron chi connectivity index (χ0n) is 25.0. The highest BCUT2D eigenvalue weighted by atomic mass is 19.1. The van der Waals surface area contributed by atoms with Crippen molar-refractivity contribution in [3.05, 3.63) is 143 Å². The summed E-state index contributed by atoms with van der Waals surface area (Å²) in [5, 5.41) is 0. The average Bonchev–Trinajstić information content (AvgIpc) is 3.02. The van der Waals surface area contributed by atoms with Gasteiger partial charge in [-0.05, 0) is 117 Å². The first-order chi connectivity index (χ1) is 21.3. The summed E-state index contributed by atoms with van der Waals surface area (Å²) >= 11 is 0. The highest BCUT2D eigenvalue weighted by Gasteiger charge is 2.18. The van der Waals surface area contributed by atoms with Gasteiger partial charge < -0.3 is 4.79 Å². The first-order valence-corrected chi connectivity index (χ1v) is 13.8. The van der Waals surface area contributed by atoms with Crippen LogP contribution in [0.5, 0.6) is 0 Å². The number of nitrogens with zero attached hydrogens (tertiary/aromatic N) is 2. The van der Waals surface area contributed by atoms with Gasteiger partial charge in [0.15, 0.2) is 0 Å². The van der Waals surface area contributed by atoms with E-state index in [1.54, 1.807) is 30.5 Å². The molecule has 0 radical (unpaired) electrons. The van der Waals surface area contributed by atoms with E-state index < -0.39 is 23.2 Å². The van der Waals surface area contributed by atoms with E-state index >= 15 is 0 Å². The third-order valence-corrected chi connectivity index (χ3v) is 6.04. The molecule has 0 N–H and O–H groups in total. The first-order valence-electron chi connectivity index (χ1n) is 13.8. The average molecular weight is 615 g/mol. The van der Waals surface area contributed by atoms with Crippen LogP contribution in [0.15, 0.2) is 103 Å². The summed E-state index contributed by atoms with van der Waals surface area (Å²) in [6, 6.07) is 21.6. The summed E-state index contributed by atoms with van der Waals surface area (Å²) in [4.78, 5) is 42.2. The summed E-state index contributed by atoms with van der Waals surface area (Å²) in [5.41, 5.74) is 3.93. The van der Waals surface area contributed by atoms with E-state index in [1.165, 1.54) is 62.4 Å². The molecule has 5 rings (SSSR count). The first kappa shape index (κ1) is 34.2. The van der Waals surface area contributed by atoms with Gasteiger partial charge in [0.05, 0.1) is 17.1 Å². The number of aromatic nitrogens is 2. The maximum absolute atomic E-state index is 13.2. The van der Waals surface area contributed by atoms with Crippen molar-refractivity contribution in [2.45, 2.75) is 33.6 Å². The monoisotopic (exact) mass is 614 g/mol. The van der Waals surface area contributed by atoms with Gasteiger partial charge in [0.1, 0.15) is 29.1 Å². The fourth-order valence-electron chi connectivity index (χ4n) is 3.77. The SMILES string of the molecule is CC(C)=O.CC(C)c1cnc(-c2ccc(F)cc2)c(-c2ccc(F)cc2)n1.O=C(C(=O)c1ccc(F)cc1)c1ccc(F)cc1. The number of benzene rings is 4. The number of ketones is 3. The Balaban J connectivity index is 0.000000225. The predicted octanol–water partition coefficient (Wildman–Crippen LogP) is 8.84. The van der Waals surface area contributed by atoms with E-state index in [1.807, 2.05) is 13.8 Å². The molecule has 0 amide bonds. The van der Waals surface area contributed by atoms with Crippen molar-refractivity contribution >= 4 is 17.3 Å². The lowest BCUT2D eigenvalue weighted by atomic mass is 10.0. The van der Waals surface area contributed by atoms with Gasteiger partial charge in [-0.1, -0.05) is 13.8 Å². The van der Waals surface area contributed by atoms with Crippen LogP contribution in [0.1, 0.15) is 60.0 Å². The maximum Gasteiger partial charge on any atom is 0.233 e. The molecule has 0 unspecified atom stereocenters. The largest absolute Gasteiger partial charge is 0.300 e. The molecule has 0 atom stereocenters. The van der Waals surface area contributed by atoms with Crippen LogP contribution in [-0.4, -0.2) is 27.3 Å². The number of halogens is 4. The fraction of sp³-hybridized carbons (Fsp3) is 0.139. The lowest BCUT2D eigenvalue weighted by Crippen LogP contribution is -2.14. The van der Waals surface area contributed by atoms with Crippen LogP contribution in [0.25, 0.3) is 22.5 Å². The van der Waals surface area contributed by atoms with Crippen LogP contribution < -0.4 is 0 Å². The second-order valence-electron chi connectivity index (χ2n) is 10.2. The topological polar surface area (TPSA) is 77.0 Å². The zero-order chi connectivity index (χ0) is 33.1. The molecule has 1 aromatic heterocycles. The predicted molar refractivity (Wildman–Crippen MR) is 165 cm³/mol. The third-order valence-electron chi connectivity index (χ3n) is 6.04. The van der Waals surface area contributed by atoms with Gasteiger partial charge >= 0.3 is 0 Å². The molecule has 5 nitrogen and oxygen atoms in total. The van der Waals surface area contributed by atoms with Crippen molar-refractivity contribution in [1.82, 2.24) is 9.97 Å². The fourth-order valence-corrected chi connectivity index (χ4v) is 3.77. The number of hydrogen-bond donors (Lipinski definition) is 0. The Kier molecular flexibility index (Phi) is 12.1. The Morgan fingerprint density at radius 2 is 0.844 bits per heavy atom. The van der Waals surface area contributed by atoms with Crippen molar-refractivity contribution in [2.24, 2.45) is 0 Å². The molecule has 0 spiro atoms. The molecular formula is C36H30F4N2O3. The highest BCUT2D eigenvalue weighted by molar-refractivity contribution is 6.49. The number of hydrogen-bond acceptors (Lipinski definition) is 5. The van der Waals surface area contributed by atoms with Crippen molar-refractivity contribution < 1.29 is 31.9 Å². The number of Topliss-reactive ketones (excluding diaryl/α,β-unsaturated/α-hetero) is 3. The van der Waals surface area contributed by atoms with Gasteiger partial charge in [0.2, 0.25) is 11.6 Å². The third kappa shape index (κ3) is 10.1. The maximum atomic E-state index is 13.2. The lowest BCUT2D eigenvalue weighted by Gasteiger charge is -2.12. The smallest absolute Gasteiger partial charge is 0.233 e. The molecule has 9 heteroatoms. The minimum atomic E-state index is -0.749. The Morgan fingerprint density at radius 1 is 0.533 bits per heavy atom. The summed E-state index contributed by atoms with van der Waals surface area (Å²) in [7, 11) is 0. The highest BCUT2D eigenvalue weighted by Crippen LogP contribution is 2.30. The summed E-state index contributed by atoms with van der Waals surface area (Å²) in [5.74, 6) is -2.68. The zero-order valence-corrected chi connectivity index (χ0v) is 25.0. The quantitative estimate of drug-likeness (QED) is 0.109. The molecule has 0 bridgehead atoms. The van der Waals surface area contributed by atoms with Crippen LogP contribution >= 0.6 is 0 Å². The molecule has 0 fully saturated rings. The summed E-state index contributed by atoms with van der Waals surface area (Å²) in [6.07, 6.45) is 1.73. The van der Waals surface area contributed by atoms with E-state index in [2.05, 4.69) is 4.98 Å². The van der Waals surface area contributed by atoms with Crippen LogP contribution in [-0.2, 0) is 4.79 Å². The molecule has 0 aliphatic carbocycles. The van der Waals surface area contributed by atoms with E-state index in [-0.39, 0.29) is 34.5 Å². The Hall–Kier alpha value is -5.31. The van der Waals surface area contributed by atoms with Gasteiger partial charge in [-0.15, -0.1) is 0 Å².